The van der Waals surface area contributed by atoms with Crippen LogP contribution in [0.15, 0.2) is 23.1 Å². The summed E-state index contributed by atoms with van der Waals surface area (Å²) < 4.78 is 27.9. The molecule has 186 valence electrons. The van der Waals surface area contributed by atoms with Crippen LogP contribution in [0.4, 0.5) is 11.4 Å². The molecule has 0 saturated carbocycles. The first-order chi connectivity index (χ1) is 16.4. The van der Waals surface area contributed by atoms with E-state index in [2.05, 4.69) is 15.1 Å². The first-order valence-corrected chi connectivity index (χ1v) is 14.1. The van der Waals surface area contributed by atoms with Gasteiger partial charge in [0.15, 0.2) is 0 Å². The minimum atomic E-state index is -3.62. The van der Waals surface area contributed by atoms with Crippen LogP contribution in [0.3, 0.4) is 0 Å². The highest BCUT2D eigenvalue weighted by molar-refractivity contribution is 7.89. The van der Waals surface area contributed by atoms with Gasteiger partial charge in [0.25, 0.3) is 0 Å². The standard InChI is InChI=1S/C24H35N5O4S/c30-23(25-10-16-26-11-3-4-12-26)18-29-22-17-19(34(32,33)27-13-5-6-14-27)8-9-20(22)28-15-2-1-7-21(28)24(29)31/h8-9,17,21H,1-7,10-16,18H2,(H,25,30)/t21-/m1/s1. The smallest absolute Gasteiger partial charge is 0.250 e. The van der Waals surface area contributed by atoms with Crippen LogP contribution in [0.25, 0.3) is 0 Å². The van der Waals surface area contributed by atoms with E-state index in [0.29, 0.717) is 25.3 Å². The van der Waals surface area contributed by atoms with Gasteiger partial charge in [0, 0.05) is 32.7 Å². The Morgan fingerprint density at radius 3 is 2.41 bits per heavy atom. The van der Waals surface area contributed by atoms with Gasteiger partial charge in [-0.3, -0.25) is 14.5 Å². The highest BCUT2D eigenvalue weighted by atomic mass is 32.2. The van der Waals surface area contributed by atoms with Crippen LogP contribution in [0.5, 0.6) is 0 Å². The number of amides is 2. The van der Waals surface area contributed by atoms with E-state index in [4.69, 9.17) is 0 Å². The summed E-state index contributed by atoms with van der Waals surface area (Å²) in [6.07, 6.45) is 6.84. The van der Waals surface area contributed by atoms with Gasteiger partial charge in [-0.25, -0.2) is 8.42 Å². The van der Waals surface area contributed by atoms with Crippen LogP contribution < -0.4 is 15.1 Å². The minimum absolute atomic E-state index is 0.0939. The van der Waals surface area contributed by atoms with Crippen LogP contribution in [-0.2, 0) is 19.6 Å². The molecule has 4 aliphatic rings. The Hall–Kier alpha value is -2.17. The molecule has 0 aliphatic carbocycles. The second-order valence-electron chi connectivity index (χ2n) is 9.79. The Labute approximate surface area is 202 Å². The van der Waals surface area contributed by atoms with Crippen molar-refractivity contribution in [3.05, 3.63) is 18.2 Å². The zero-order chi connectivity index (χ0) is 23.7. The Kier molecular flexibility index (Phi) is 6.81. The summed E-state index contributed by atoms with van der Waals surface area (Å²) in [6.45, 7) is 5.21. The van der Waals surface area contributed by atoms with E-state index in [-0.39, 0.29) is 29.3 Å². The van der Waals surface area contributed by atoms with Crippen LogP contribution >= 0.6 is 0 Å². The predicted octanol–water partition coefficient (Wildman–Crippen LogP) is 1.39. The van der Waals surface area contributed by atoms with E-state index < -0.39 is 10.0 Å². The van der Waals surface area contributed by atoms with Crippen LogP contribution in [0, 0.1) is 0 Å². The van der Waals surface area contributed by atoms with Gasteiger partial charge in [0.1, 0.15) is 12.6 Å². The lowest BCUT2D eigenvalue weighted by Crippen LogP contribution is -2.57. The Balaban J connectivity index is 1.39. The number of piperidine rings is 1. The second-order valence-corrected chi connectivity index (χ2v) is 11.7. The highest BCUT2D eigenvalue weighted by Gasteiger charge is 2.41. The molecule has 1 aromatic carbocycles. The number of carbonyl (C=O) groups excluding carboxylic acids is 2. The van der Waals surface area contributed by atoms with Crippen molar-refractivity contribution >= 4 is 33.2 Å². The van der Waals surface area contributed by atoms with E-state index in [1.807, 2.05) is 6.07 Å². The van der Waals surface area contributed by atoms with Crippen molar-refractivity contribution in [1.82, 2.24) is 14.5 Å². The lowest BCUT2D eigenvalue weighted by Gasteiger charge is -2.45. The van der Waals surface area contributed by atoms with E-state index in [1.165, 1.54) is 22.0 Å². The number of rotatable bonds is 7. The molecule has 0 spiro atoms. The molecule has 0 unspecified atom stereocenters. The predicted molar refractivity (Wildman–Crippen MR) is 130 cm³/mol. The third kappa shape index (κ3) is 4.55. The number of nitrogens with zero attached hydrogens (tertiary/aromatic N) is 4. The number of likely N-dealkylation sites (tertiary alicyclic amines) is 1. The second kappa shape index (κ2) is 9.83. The average Bonchev–Trinajstić information content (AvgIpc) is 3.56. The topological polar surface area (TPSA) is 93.3 Å². The zero-order valence-corrected chi connectivity index (χ0v) is 20.6. The molecule has 0 radical (unpaired) electrons. The molecule has 4 aliphatic heterocycles. The fraction of sp³-hybridized carbons (Fsp3) is 0.667. The molecule has 1 N–H and O–H groups in total. The van der Waals surface area contributed by atoms with Gasteiger partial charge in [-0.2, -0.15) is 4.31 Å². The first-order valence-electron chi connectivity index (χ1n) is 12.7. The lowest BCUT2D eigenvalue weighted by molar-refractivity contribution is -0.125. The fourth-order valence-corrected chi connectivity index (χ4v) is 7.24. The SMILES string of the molecule is O=C(CN1C(=O)[C@H]2CCCCN2c2ccc(S(=O)(=O)N3CCCC3)cc21)NCCN1CCCC1. The number of carbonyl (C=O) groups is 2. The van der Waals surface area contributed by atoms with Gasteiger partial charge in [0.2, 0.25) is 21.8 Å². The van der Waals surface area contributed by atoms with Crippen molar-refractivity contribution in [2.24, 2.45) is 0 Å². The van der Waals surface area contributed by atoms with E-state index in [1.54, 1.807) is 12.1 Å². The van der Waals surface area contributed by atoms with Crippen LogP contribution in [-0.4, -0.2) is 87.8 Å². The van der Waals surface area contributed by atoms with Crippen molar-refractivity contribution < 1.29 is 18.0 Å². The summed E-state index contributed by atoms with van der Waals surface area (Å²) in [5.41, 5.74) is 1.37. The molecule has 3 saturated heterocycles. The molecular weight excluding hydrogens is 454 g/mol. The third-order valence-electron chi connectivity index (χ3n) is 7.55. The molecule has 5 rings (SSSR count). The number of hydrogen-bond acceptors (Lipinski definition) is 6. The monoisotopic (exact) mass is 489 g/mol. The van der Waals surface area contributed by atoms with E-state index in [0.717, 1.165) is 64.0 Å². The normalized spacial score (nSPS) is 23.8. The highest BCUT2D eigenvalue weighted by Crippen LogP contribution is 2.41. The number of nitrogens with one attached hydrogen (secondary N) is 1. The molecule has 3 fully saturated rings. The van der Waals surface area contributed by atoms with Crippen molar-refractivity contribution in [1.29, 1.82) is 0 Å². The Bertz CT molecular complexity index is 1030. The van der Waals surface area contributed by atoms with Gasteiger partial charge in [-0.15, -0.1) is 0 Å². The average molecular weight is 490 g/mol. The summed E-state index contributed by atoms with van der Waals surface area (Å²) >= 11 is 0. The lowest BCUT2D eigenvalue weighted by atomic mass is 9.96. The number of anilines is 2. The Morgan fingerprint density at radius 1 is 0.941 bits per heavy atom. The molecule has 0 aromatic heterocycles. The quantitative estimate of drug-likeness (QED) is 0.622. The molecule has 1 atom stereocenters. The number of hydrogen-bond donors (Lipinski definition) is 1. The van der Waals surface area contributed by atoms with Crippen molar-refractivity contribution in [2.45, 2.75) is 55.9 Å². The molecule has 9 nitrogen and oxygen atoms in total. The molecule has 4 heterocycles. The fourth-order valence-electron chi connectivity index (χ4n) is 5.70. The zero-order valence-electron chi connectivity index (χ0n) is 19.7. The first kappa shape index (κ1) is 23.6. The van der Waals surface area contributed by atoms with Gasteiger partial charge < -0.3 is 15.1 Å². The number of sulfonamides is 1. The van der Waals surface area contributed by atoms with Crippen molar-refractivity contribution in [2.75, 3.05) is 62.2 Å². The molecule has 10 heteroatoms. The Morgan fingerprint density at radius 2 is 1.65 bits per heavy atom. The van der Waals surface area contributed by atoms with Gasteiger partial charge >= 0.3 is 0 Å². The van der Waals surface area contributed by atoms with Gasteiger partial charge in [-0.05, 0) is 76.2 Å². The summed E-state index contributed by atoms with van der Waals surface area (Å²) in [6, 6.07) is 4.78. The summed E-state index contributed by atoms with van der Waals surface area (Å²) in [7, 11) is -3.62. The summed E-state index contributed by atoms with van der Waals surface area (Å²) in [4.78, 5) is 32.4. The largest absolute Gasteiger partial charge is 0.358 e. The number of fused-ring (bicyclic) bond motifs is 3. The molecule has 0 bridgehead atoms. The summed E-state index contributed by atoms with van der Waals surface area (Å²) in [5.74, 6) is -0.326. The van der Waals surface area contributed by atoms with Gasteiger partial charge in [0.05, 0.1) is 16.3 Å². The van der Waals surface area contributed by atoms with Crippen LogP contribution in [0.2, 0.25) is 0 Å². The van der Waals surface area contributed by atoms with Crippen molar-refractivity contribution in [3.63, 3.8) is 0 Å². The van der Waals surface area contributed by atoms with E-state index in [9.17, 15) is 18.0 Å². The third-order valence-corrected chi connectivity index (χ3v) is 9.45. The maximum absolute atomic E-state index is 13.5. The van der Waals surface area contributed by atoms with Crippen LogP contribution in [0.1, 0.15) is 44.9 Å². The number of benzene rings is 1. The molecular formula is C24H35N5O4S. The van der Waals surface area contributed by atoms with Crippen molar-refractivity contribution in [3.8, 4) is 0 Å². The molecule has 34 heavy (non-hydrogen) atoms. The van der Waals surface area contributed by atoms with E-state index >= 15 is 0 Å². The molecule has 2 amide bonds. The maximum Gasteiger partial charge on any atom is 0.250 e. The summed E-state index contributed by atoms with van der Waals surface area (Å²) in [5, 5.41) is 2.96. The molecule has 1 aromatic rings. The van der Waals surface area contributed by atoms with Gasteiger partial charge in [-0.1, -0.05) is 0 Å². The maximum atomic E-state index is 13.5. The minimum Gasteiger partial charge on any atom is -0.358 e.